The first kappa shape index (κ1) is 34.7. The van der Waals surface area contributed by atoms with Crippen LogP contribution in [0.1, 0.15) is 43.4 Å². The molecule has 0 spiro atoms. The number of nitrogens with one attached hydrogen (secondary N) is 1. The lowest BCUT2D eigenvalue weighted by Gasteiger charge is -2.33. The molecule has 0 saturated heterocycles. The number of nitrogens with zero attached hydrogens (tertiary/aromatic N) is 2. The molecule has 13 heteroatoms. The second-order valence-electron chi connectivity index (χ2n) is 10.1. The van der Waals surface area contributed by atoms with Crippen LogP contribution in [0, 0.1) is 6.92 Å². The van der Waals surface area contributed by atoms with E-state index in [4.69, 9.17) is 16.3 Å². The van der Waals surface area contributed by atoms with Gasteiger partial charge in [0, 0.05) is 13.1 Å². The van der Waals surface area contributed by atoms with Crippen LogP contribution in [0.15, 0.2) is 71.6 Å². The van der Waals surface area contributed by atoms with E-state index in [2.05, 4.69) is 5.32 Å². The van der Waals surface area contributed by atoms with Gasteiger partial charge in [-0.05, 0) is 67.8 Å². The highest BCUT2D eigenvalue weighted by molar-refractivity contribution is 7.92. The van der Waals surface area contributed by atoms with Gasteiger partial charge in [-0.3, -0.25) is 13.9 Å². The lowest BCUT2D eigenvalue weighted by Crippen LogP contribution is -2.52. The van der Waals surface area contributed by atoms with E-state index in [-0.39, 0.29) is 17.9 Å². The van der Waals surface area contributed by atoms with E-state index in [1.165, 1.54) is 36.3 Å². The van der Waals surface area contributed by atoms with Gasteiger partial charge in [-0.25, -0.2) is 8.42 Å². The van der Waals surface area contributed by atoms with Gasteiger partial charge < -0.3 is 15.0 Å². The summed E-state index contributed by atoms with van der Waals surface area (Å²) < 4.78 is 75.2. The summed E-state index contributed by atoms with van der Waals surface area (Å²) in [7, 11) is -3.09. The third-order valence-electron chi connectivity index (χ3n) is 6.85. The SMILES string of the molecule is CCCNC(=O)[C@@H](CC)N(Cc1cccc(OC)c1)C(=O)CN(c1ccc(Cl)c(C(F)(F)F)c1)S(=O)(=O)c1ccc(C)cc1. The minimum atomic E-state index is -4.89. The Kier molecular flexibility index (Phi) is 11.7. The van der Waals surface area contributed by atoms with Crippen LogP contribution in [0.25, 0.3) is 0 Å². The summed E-state index contributed by atoms with van der Waals surface area (Å²) in [4.78, 5) is 28.3. The highest BCUT2D eigenvalue weighted by atomic mass is 35.5. The molecule has 0 radical (unpaired) electrons. The number of benzene rings is 3. The zero-order valence-corrected chi connectivity index (χ0v) is 26.4. The quantitative estimate of drug-likeness (QED) is 0.237. The zero-order chi connectivity index (χ0) is 32.7. The number of sulfonamides is 1. The van der Waals surface area contributed by atoms with Gasteiger partial charge >= 0.3 is 6.18 Å². The van der Waals surface area contributed by atoms with Crippen LogP contribution in [0.5, 0.6) is 5.75 Å². The molecule has 0 heterocycles. The van der Waals surface area contributed by atoms with Crippen molar-refractivity contribution in [2.75, 3.05) is 24.5 Å². The molecule has 0 aliphatic carbocycles. The smallest absolute Gasteiger partial charge is 0.417 e. The van der Waals surface area contributed by atoms with Gasteiger partial charge in [-0.2, -0.15) is 13.2 Å². The minimum Gasteiger partial charge on any atom is -0.497 e. The summed E-state index contributed by atoms with van der Waals surface area (Å²) in [6.45, 7) is 4.69. The van der Waals surface area contributed by atoms with Crippen LogP contribution < -0.4 is 14.4 Å². The Bertz CT molecular complexity index is 1570. The molecule has 0 aliphatic heterocycles. The number of hydrogen-bond acceptors (Lipinski definition) is 5. The summed E-state index contributed by atoms with van der Waals surface area (Å²) in [5, 5.41) is 2.15. The topological polar surface area (TPSA) is 96.0 Å². The molecule has 3 aromatic carbocycles. The van der Waals surface area contributed by atoms with E-state index in [1.54, 1.807) is 38.1 Å². The van der Waals surface area contributed by atoms with Crippen LogP contribution >= 0.6 is 11.6 Å². The Hall–Kier alpha value is -3.77. The highest BCUT2D eigenvalue weighted by Crippen LogP contribution is 2.38. The molecule has 0 aromatic heterocycles. The molecule has 8 nitrogen and oxygen atoms in total. The monoisotopic (exact) mass is 653 g/mol. The van der Waals surface area contributed by atoms with Crippen molar-refractivity contribution in [3.8, 4) is 5.75 Å². The van der Waals surface area contributed by atoms with Gasteiger partial charge in [0.25, 0.3) is 10.0 Å². The second-order valence-corrected chi connectivity index (χ2v) is 12.3. The maximum Gasteiger partial charge on any atom is 0.417 e. The van der Waals surface area contributed by atoms with Gasteiger partial charge in [0.1, 0.15) is 18.3 Å². The van der Waals surface area contributed by atoms with E-state index in [0.717, 1.165) is 17.7 Å². The van der Waals surface area contributed by atoms with E-state index < -0.39 is 56.9 Å². The van der Waals surface area contributed by atoms with Crippen molar-refractivity contribution in [1.29, 1.82) is 0 Å². The van der Waals surface area contributed by atoms with Crippen LogP contribution in [0.2, 0.25) is 5.02 Å². The molecular weight excluding hydrogens is 619 g/mol. The number of carbonyl (C=O) groups is 2. The van der Waals surface area contributed by atoms with E-state index in [9.17, 15) is 31.2 Å². The number of rotatable bonds is 13. The largest absolute Gasteiger partial charge is 0.497 e. The van der Waals surface area contributed by atoms with Crippen molar-refractivity contribution in [3.63, 3.8) is 0 Å². The fourth-order valence-corrected chi connectivity index (χ4v) is 6.14. The van der Waals surface area contributed by atoms with Gasteiger partial charge in [-0.1, -0.05) is 55.3 Å². The average molecular weight is 654 g/mol. The van der Waals surface area contributed by atoms with Crippen LogP contribution in [0.3, 0.4) is 0 Å². The van der Waals surface area contributed by atoms with E-state index in [1.807, 2.05) is 6.92 Å². The van der Waals surface area contributed by atoms with Gasteiger partial charge in [-0.15, -0.1) is 0 Å². The molecule has 2 amide bonds. The van der Waals surface area contributed by atoms with Crippen molar-refractivity contribution in [1.82, 2.24) is 10.2 Å². The van der Waals surface area contributed by atoms with E-state index in [0.29, 0.717) is 34.7 Å². The Morgan fingerprint density at radius 3 is 2.30 bits per heavy atom. The number of ether oxygens (including phenoxy) is 1. The first-order valence-corrected chi connectivity index (χ1v) is 15.7. The molecule has 3 aromatic rings. The Morgan fingerprint density at radius 2 is 1.70 bits per heavy atom. The van der Waals surface area contributed by atoms with Crippen molar-refractivity contribution in [3.05, 3.63) is 88.4 Å². The molecule has 1 N–H and O–H groups in total. The third-order valence-corrected chi connectivity index (χ3v) is 8.97. The van der Waals surface area contributed by atoms with Crippen LogP contribution in [-0.2, 0) is 32.3 Å². The fraction of sp³-hybridized carbons (Fsp3) is 0.355. The lowest BCUT2D eigenvalue weighted by molar-refractivity contribution is -0.140. The average Bonchev–Trinajstić information content (AvgIpc) is 2.98. The van der Waals surface area contributed by atoms with Crippen molar-refractivity contribution < 1.29 is 35.9 Å². The van der Waals surface area contributed by atoms with Crippen molar-refractivity contribution in [2.45, 2.75) is 57.3 Å². The number of methoxy groups -OCH3 is 1. The Balaban J connectivity index is 2.15. The van der Waals surface area contributed by atoms with Gasteiger partial charge in [0.2, 0.25) is 11.8 Å². The summed E-state index contributed by atoms with van der Waals surface area (Å²) in [6, 6.07) is 14.1. The molecule has 44 heavy (non-hydrogen) atoms. The number of alkyl halides is 3. The highest BCUT2D eigenvalue weighted by Gasteiger charge is 2.37. The molecule has 1 atom stereocenters. The standard InChI is InChI=1S/C31H35ClF3N3O5S/c1-5-16-36-30(40)28(6-2)37(19-22-8-7-9-24(17-22)43-4)29(39)20-38(44(41,42)25-13-10-21(3)11-14-25)23-12-15-27(32)26(18-23)31(33,34)35/h7-15,17-18,28H,5-6,16,19-20H2,1-4H3,(H,36,40)/t28-/m1/s1. The number of hydrogen-bond donors (Lipinski definition) is 1. The summed E-state index contributed by atoms with van der Waals surface area (Å²) in [6.07, 6.45) is -4.05. The first-order valence-electron chi connectivity index (χ1n) is 13.9. The maximum atomic E-state index is 14.1. The number of amides is 2. The number of carbonyl (C=O) groups excluding carboxylic acids is 2. The Labute approximate surface area is 260 Å². The van der Waals surface area contributed by atoms with Crippen LogP contribution in [0.4, 0.5) is 18.9 Å². The fourth-order valence-electron chi connectivity index (χ4n) is 4.50. The summed E-state index contributed by atoms with van der Waals surface area (Å²) in [5.74, 6) is -0.738. The second kappa shape index (κ2) is 14.8. The summed E-state index contributed by atoms with van der Waals surface area (Å²) in [5.41, 5.74) is -0.323. The number of anilines is 1. The third kappa shape index (κ3) is 8.44. The lowest BCUT2D eigenvalue weighted by atomic mass is 10.1. The molecule has 0 fully saturated rings. The first-order chi connectivity index (χ1) is 20.7. The van der Waals surface area contributed by atoms with Gasteiger partial charge in [0.15, 0.2) is 0 Å². The molecule has 238 valence electrons. The molecule has 3 rings (SSSR count). The predicted molar refractivity (Wildman–Crippen MR) is 163 cm³/mol. The summed E-state index contributed by atoms with van der Waals surface area (Å²) >= 11 is 5.82. The number of aryl methyl sites for hydroxylation is 1. The van der Waals surface area contributed by atoms with Crippen LogP contribution in [-0.4, -0.2) is 51.4 Å². The van der Waals surface area contributed by atoms with Crippen molar-refractivity contribution in [2.24, 2.45) is 0 Å². The molecule has 0 unspecified atom stereocenters. The predicted octanol–water partition coefficient (Wildman–Crippen LogP) is 6.20. The molecule has 0 saturated carbocycles. The Morgan fingerprint density at radius 1 is 1.02 bits per heavy atom. The molecular formula is C31H35ClF3N3O5S. The zero-order valence-electron chi connectivity index (χ0n) is 24.8. The number of halogens is 4. The minimum absolute atomic E-state index is 0.0963. The normalized spacial score (nSPS) is 12.4. The molecule has 0 aliphatic rings. The van der Waals surface area contributed by atoms with Crippen molar-refractivity contribution >= 4 is 39.1 Å². The molecule has 0 bridgehead atoms. The van der Waals surface area contributed by atoms with Gasteiger partial charge in [0.05, 0.1) is 28.3 Å². The van der Waals surface area contributed by atoms with E-state index >= 15 is 0 Å². The maximum absolute atomic E-state index is 14.1.